The number of aromatic nitrogens is 4. The average Bonchev–Trinajstić information content (AvgIpc) is 3.26. The van der Waals surface area contributed by atoms with Gasteiger partial charge >= 0.3 is 0 Å². The molecule has 0 radical (unpaired) electrons. The fraction of sp³-hybridized carbons (Fsp3) is 0.250. The number of amides is 1. The first kappa shape index (κ1) is 20.1. The summed E-state index contributed by atoms with van der Waals surface area (Å²) in [6, 6.07) is 10.1. The Morgan fingerprint density at radius 1 is 1.06 bits per heavy atom. The molecule has 0 aliphatic carbocycles. The fourth-order valence-electron chi connectivity index (χ4n) is 3.85. The van der Waals surface area contributed by atoms with Crippen molar-refractivity contribution in [2.24, 2.45) is 0 Å². The lowest BCUT2D eigenvalue weighted by molar-refractivity contribution is 0.0651. The molecule has 162 valence electrons. The molecule has 8 nitrogen and oxygen atoms in total. The van der Waals surface area contributed by atoms with Crippen molar-refractivity contribution in [1.29, 1.82) is 0 Å². The summed E-state index contributed by atoms with van der Waals surface area (Å²) >= 11 is 0. The molecule has 1 fully saturated rings. The maximum absolute atomic E-state index is 12.7. The Balaban J connectivity index is 1.49. The van der Waals surface area contributed by atoms with Crippen molar-refractivity contribution in [2.75, 3.05) is 32.5 Å². The van der Waals surface area contributed by atoms with Crippen LogP contribution >= 0.6 is 0 Å². The Labute approximate surface area is 185 Å². The van der Waals surface area contributed by atoms with E-state index < -0.39 is 0 Å². The SMILES string of the molecule is COCCn1cc(-c2ccc(-c3cnc(N)c4ncc(C(=O)N5CCC5)cc34)cc2)cn1. The van der Waals surface area contributed by atoms with Crippen LogP contribution in [0.25, 0.3) is 33.2 Å². The highest BCUT2D eigenvalue weighted by atomic mass is 16.5. The number of hydrogen-bond acceptors (Lipinski definition) is 6. The summed E-state index contributed by atoms with van der Waals surface area (Å²) < 4.78 is 6.98. The van der Waals surface area contributed by atoms with Crippen LogP contribution in [-0.2, 0) is 11.3 Å². The zero-order valence-corrected chi connectivity index (χ0v) is 17.9. The Morgan fingerprint density at radius 3 is 2.56 bits per heavy atom. The summed E-state index contributed by atoms with van der Waals surface area (Å²) in [5, 5.41) is 5.21. The molecule has 0 bridgehead atoms. The van der Waals surface area contributed by atoms with Crippen molar-refractivity contribution in [2.45, 2.75) is 13.0 Å². The highest BCUT2D eigenvalue weighted by Gasteiger charge is 2.22. The van der Waals surface area contributed by atoms with Crippen LogP contribution in [0.2, 0.25) is 0 Å². The van der Waals surface area contributed by atoms with Gasteiger partial charge in [-0.25, -0.2) is 4.98 Å². The van der Waals surface area contributed by atoms with E-state index in [4.69, 9.17) is 10.5 Å². The first-order valence-electron chi connectivity index (χ1n) is 10.6. The van der Waals surface area contributed by atoms with Gasteiger partial charge < -0.3 is 15.4 Å². The van der Waals surface area contributed by atoms with Gasteiger partial charge in [0.1, 0.15) is 11.3 Å². The van der Waals surface area contributed by atoms with Crippen molar-refractivity contribution < 1.29 is 9.53 Å². The second kappa shape index (κ2) is 8.39. The monoisotopic (exact) mass is 428 g/mol. The van der Waals surface area contributed by atoms with E-state index in [1.165, 1.54) is 0 Å². The van der Waals surface area contributed by atoms with Crippen LogP contribution in [0.1, 0.15) is 16.8 Å². The van der Waals surface area contributed by atoms with Crippen LogP contribution in [0.4, 0.5) is 5.82 Å². The number of benzene rings is 1. The summed E-state index contributed by atoms with van der Waals surface area (Å²) in [5.41, 5.74) is 11.2. The first-order chi connectivity index (χ1) is 15.6. The molecule has 3 aromatic heterocycles. The lowest BCUT2D eigenvalue weighted by Gasteiger charge is -2.30. The Kier molecular flexibility index (Phi) is 5.28. The number of nitrogen functional groups attached to an aromatic ring is 1. The van der Waals surface area contributed by atoms with Gasteiger partial charge in [0, 0.05) is 55.3 Å². The molecule has 1 aromatic carbocycles. The molecule has 0 spiro atoms. The lowest BCUT2D eigenvalue weighted by Crippen LogP contribution is -2.42. The third-order valence-corrected chi connectivity index (χ3v) is 5.83. The molecule has 0 atom stereocenters. The maximum Gasteiger partial charge on any atom is 0.255 e. The fourth-order valence-corrected chi connectivity index (χ4v) is 3.85. The van der Waals surface area contributed by atoms with Crippen molar-refractivity contribution >= 4 is 22.6 Å². The van der Waals surface area contributed by atoms with Crippen molar-refractivity contribution in [1.82, 2.24) is 24.6 Å². The third kappa shape index (κ3) is 3.69. The van der Waals surface area contributed by atoms with E-state index in [-0.39, 0.29) is 5.91 Å². The van der Waals surface area contributed by atoms with E-state index >= 15 is 0 Å². The van der Waals surface area contributed by atoms with E-state index in [9.17, 15) is 4.79 Å². The van der Waals surface area contributed by atoms with Crippen LogP contribution in [-0.4, -0.2) is 57.4 Å². The topological polar surface area (TPSA) is 99.2 Å². The summed E-state index contributed by atoms with van der Waals surface area (Å²) in [7, 11) is 1.68. The van der Waals surface area contributed by atoms with Gasteiger partial charge in [-0.2, -0.15) is 5.10 Å². The maximum atomic E-state index is 12.7. The van der Waals surface area contributed by atoms with Gasteiger partial charge in [-0.3, -0.25) is 14.5 Å². The zero-order valence-electron chi connectivity index (χ0n) is 17.9. The number of rotatable bonds is 6. The van der Waals surface area contributed by atoms with Gasteiger partial charge in [0.25, 0.3) is 5.91 Å². The highest BCUT2D eigenvalue weighted by molar-refractivity contribution is 6.04. The van der Waals surface area contributed by atoms with Gasteiger partial charge in [-0.1, -0.05) is 24.3 Å². The number of carbonyl (C=O) groups is 1. The Bertz CT molecular complexity index is 1280. The number of pyridine rings is 2. The minimum atomic E-state index is 0.00724. The molecule has 1 amide bonds. The van der Waals surface area contributed by atoms with Crippen molar-refractivity contribution in [3.05, 3.63) is 60.7 Å². The standard InChI is InChI=1S/C24H24N6O2/c1-32-10-9-30-15-19(13-28-30)16-3-5-17(6-4-16)21-14-27-23(25)22-20(21)11-18(12-26-22)24(31)29-7-2-8-29/h3-6,11-15H,2,7-10H2,1H3,(H2,25,27). The Hall–Kier alpha value is -3.78. The van der Waals surface area contributed by atoms with E-state index in [0.717, 1.165) is 47.2 Å². The third-order valence-electron chi connectivity index (χ3n) is 5.83. The number of likely N-dealkylation sites (tertiary alicyclic amines) is 1. The minimum Gasteiger partial charge on any atom is -0.383 e. The minimum absolute atomic E-state index is 0.00724. The van der Waals surface area contributed by atoms with E-state index in [2.05, 4.69) is 27.2 Å². The van der Waals surface area contributed by atoms with Crippen molar-refractivity contribution in [3.8, 4) is 22.3 Å². The molecular formula is C24H24N6O2. The number of anilines is 1. The molecule has 4 aromatic rings. The van der Waals surface area contributed by atoms with Gasteiger partial charge in [0.15, 0.2) is 0 Å². The van der Waals surface area contributed by atoms with E-state index in [1.807, 2.05) is 40.2 Å². The van der Waals surface area contributed by atoms with E-state index in [1.54, 1.807) is 19.5 Å². The predicted molar refractivity (Wildman–Crippen MR) is 123 cm³/mol. The number of nitrogens with zero attached hydrogens (tertiary/aromatic N) is 5. The van der Waals surface area contributed by atoms with Crippen LogP contribution in [0.15, 0.2) is 55.1 Å². The van der Waals surface area contributed by atoms with E-state index in [0.29, 0.717) is 30.0 Å². The van der Waals surface area contributed by atoms with Crippen molar-refractivity contribution in [3.63, 3.8) is 0 Å². The van der Waals surface area contributed by atoms with Crippen LogP contribution < -0.4 is 5.73 Å². The number of nitrogens with two attached hydrogens (primary N) is 1. The molecule has 32 heavy (non-hydrogen) atoms. The van der Waals surface area contributed by atoms with Gasteiger partial charge in [-0.05, 0) is 23.6 Å². The molecule has 5 rings (SSSR count). The number of ether oxygens (including phenoxy) is 1. The second-order valence-electron chi connectivity index (χ2n) is 7.89. The molecule has 1 aliphatic rings. The highest BCUT2D eigenvalue weighted by Crippen LogP contribution is 2.32. The van der Waals surface area contributed by atoms with Crippen LogP contribution in [0.5, 0.6) is 0 Å². The molecule has 0 saturated carbocycles. The number of methoxy groups -OCH3 is 1. The second-order valence-corrected chi connectivity index (χ2v) is 7.89. The first-order valence-corrected chi connectivity index (χ1v) is 10.6. The quantitative estimate of drug-likeness (QED) is 0.506. The van der Waals surface area contributed by atoms with Gasteiger partial charge in [-0.15, -0.1) is 0 Å². The number of carbonyl (C=O) groups excluding carboxylic acids is 1. The molecule has 2 N–H and O–H groups in total. The normalized spacial score (nSPS) is 13.3. The van der Waals surface area contributed by atoms with Gasteiger partial charge in [0.2, 0.25) is 0 Å². The molecule has 0 unspecified atom stereocenters. The molecule has 1 aliphatic heterocycles. The molecule has 4 heterocycles. The lowest BCUT2D eigenvalue weighted by atomic mass is 9.99. The van der Waals surface area contributed by atoms with Crippen LogP contribution in [0, 0.1) is 0 Å². The molecule has 1 saturated heterocycles. The summed E-state index contributed by atoms with van der Waals surface area (Å²) in [6.45, 7) is 2.92. The summed E-state index contributed by atoms with van der Waals surface area (Å²) in [6.07, 6.45) is 8.24. The predicted octanol–water partition coefficient (Wildman–Crippen LogP) is 3.23. The Morgan fingerprint density at radius 2 is 1.84 bits per heavy atom. The average molecular weight is 428 g/mol. The number of fused-ring (bicyclic) bond motifs is 1. The zero-order chi connectivity index (χ0) is 22.1. The molecule has 8 heteroatoms. The number of hydrogen-bond donors (Lipinski definition) is 1. The largest absolute Gasteiger partial charge is 0.383 e. The summed E-state index contributed by atoms with van der Waals surface area (Å²) in [5.74, 6) is 0.361. The molecular weight excluding hydrogens is 404 g/mol. The smallest absolute Gasteiger partial charge is 0.255 e. The van der Waals surface area contributed by atoms with Gasteiger partial charge in [0.05, 0.1) is 24.9 Å². The van der Waals surface area contributed by atoms with Crippen LogP contribution in [0.3, 0.4) is 0 Å². The summed E-state index contributed by atoms with van der Waals surface area (Å²) in [4.78, 5) is 23.3.